The molecule has 0 bridgehead atoms. The van der Waals surface area contributed by atoms with Gasteiger partial charge in [0.1, 0.15) is 5.75 Å². The highest BCUT2D eigenvalue weighted by Gasteiger charge is 2.33. The highest BCUT2D eigenvalue weighted by atomic mass is 16.5. The van der Waals surface area contributed by atoms with Crippen molar-refractivity contribution in [3.05, 3.63) is 29.8 Å². The molecule has 1 heterocycles. The summed E-state index contributed by atoms with van der Waals surface area (Å²) in [4.78, 5) is 11.0. The summed E-state index contributed by atoms with van der Waals surface area (Å²) in [5.41, 5.74) is 1.05. The van der Waals surface area contributed by atoms with Crippen LogP contribution in [0.1, 0.15) is 11.5 Å². The van der Waals surface area contributed by atoms with Crippen molar-refractivity contribution in [1.82, 2.24) is 5.32 Å². The van der Waals surface area contributed by atoms with Gasteiger partial charge in [-0.05, 0) is 17.7 Å². The number of benzene rings is 1. The maximum absolute atomic E-state index is 11.0. The normalized spacial score (nSPS) is 24.3. The molecule has 2 N–H and O–H groups in total. The maximum atomic E-state index is 11.0. The van der Waals surface area contributed by atoms with Crippen LogP contribution in [0.15, 0.2) is 24.3 Å². The van der Waals surface area contributed by atoms with Crippen LogP contribution in [0.5, 0.6) is 5.75 Å². The fourth-order valence-corrected chi connectivity index (χ4v) is 2.14. The van der Waals surface area contributed by atoms with Crippen LogP contribution in [0.3, 0.4) is 0 Å². The largest absolute Gasteiger partial charge is 0.497 e. The van der Waals surface area contributed by atoms with Crippen LogP contribution in [0.2, 0.25) is 0 Å². The first-order valence-corrected chi connectivity index (χ1v) is 5.30. The Bertz CT molecular complexity index is 374. The summed E-state index contributed by atoms with van der Waals surface area (Å²) in [5, 5.41) is 12.2. The van der Waals surface area contributed by atoms with Crippen molar-refractivity contribution < 1.29 is 14.6 Å². The summed E-state index contributed by atoms with van der Waals surface area (Å²) in [6.45, 7) is 1.27. The first kappa shape index (κ1) is 11.0. The zero-order chi connectivity index (χ0) is 11.5. The van der Waals surface area contributed by atoms with E-state index in [1.54, 1.807) is 7.11 Å². The Balaban J connectivity index is 2.19. The molecule has 1 aromatic rings. The fourth-order valence-electron chi connectivity index (χ4n) is 2.14. The Hall–Kier alpha value is -1.55. The molecule has 1 aliphatic heterocycles. The van der Waals surface area contributed by atoms with Crippen molar-refractivity contribution in [2.75, 3.05) is 20.2 Å². The maximum Gasteiger partial charge on any atom is 0.308 e. The second kappa shape index (κ2) is 4.53. The van der Waals surface area contributed by atoms with Gasteiger partial charge in [-0.2, -0.15) is 0 Å². The van der Waals surface area contributed by atoms with Gasteiger partial charge in [-0.25, -0.2) is 0 Å². The van der Waals surface area contributed by atoms with E-state index in [9.17, 15) is 4.79 Å². The average Bonchev–Trinajstić information content (AvgIpc) is 2.78. The van der Waals surface area contributed by atoms with Gasteiger partial charge in [0.25, 0.3) is 0 Å². The summed E-state index contributed by atoms with van der Waals surface area (Å²) in [6, 6.07) is 7.61. The van der Waals surface area contributed by atoms with Gasteiger partial charge in [-0.3, -0.25) is 4.79 Å². The van der Waals surface area contributed by atoms with Crippen LogP contribution >= 0.6 is 0 Å². The standard InChI is InChI=1S/C12H15NO3/c1-16-9-4-2-8(3-5-9)10-6-13-7-11(10)12(14)15/h2-5,10-11,13H,6-7H2,1H3,(H,14,15)/t10-,11+/m0/s1. The molecule has 1 aromatic carbocycles. The zero-order valence-electron chi connectivity index (χ0n) is 9.14. The van der Waals surface area contributed by atoms with Gasteiger partial charge in [0.2, 0.25) is 0 Å². The van der Waals surface area contributed by atoms with Crippen molar-refractivity contribution in [3.8, 4) is 5.75 Å². The SMILES string of the molecule is COc1ccc([C@@H]2CNC[C@H]2C(=O)O)cc1. The van der Waals surface area contributed by atoms with Crippen LogP contribution in [-0.2, 0) is 4.79 Å². The Morgan fingerprint density at radius 2 is 2.06 bits per heavy atom. The highest BCUT2D eigenvalue weighted by Crippen LogP contribution is 2.29. The minimum atomic E-state index is -0.731. The minimum Gasteiger partial charge on any atom is -0.497 e. The van der Waals surface area contributed by atoms with Crippen molar-refractivity contribution >= 4 is 5.97 Å². The minimum absolute atomic E-state index is 0.0587. The average molecular weight is 221 g/mol. The van der Waals surface area contributed by atoms with Crippen molar-refractivity contribution in [2.45, 2.75) is 5.92 Å². The van der Waals surface area contributed by atoms with Crippen LogP contribution in [-0.4, -0.2) is 31.3 Å². The molecule has 1 fully saturated rings. The van der Waals surface area contributed by atoms with E-state index in [0.717, 1.165) is 17.9 Å². The Morgan fingerprint density at radius 3 is 2.62 bits per heavy atom. The molecule has 1 aliphatic rings. The summed E-state index contributed by atoms with van der Waals surface area (Å²) >= 11 is 0. The van der Waals surface area contributed by atoms with Gasteiger partial charge in [0, 0.05) is 19.0 Å². The number of hydrogen-bond donors (Lipinski definition) is 2. The van der Waals surface area contributed by atoms with Gasteiger partial charge < -0.3 is 15.2 Å². The second-order valence-electron chi connectivity index (χ2n) is 3.98. The third kappa shape index (κ3) is 2.02. The van der Waals surface area contributed by atoms with Gasteiger partial charge in [0.05, 0.1) is 13.0 Å². The fraction of sp³-hybridized carbons (Fsp3) is 0.417. The Labute approximate surface area is 94.2 Å². The number of rotatable bonds is 3. The predicted octanol–water partition coefficient (Wildman–Crippen LogP) is 1.08. The van der Waals surface area contributed by atoms with E-state index < -0.39 is 5.97 Å². The molecule has 0 aliphatic carbocycles. The van der Waals surface area contributed by atoms with Crippen molar-refractivity contribution in [3.63, 3.8) is 0 Å². The van der Waals surface area contributed by atoms with E-state index in [1.165, 1.54) is 0 Å². The monoisotopic (exact) mass is 221 g/mol. The number of nitrogens with one attached hydrogen (secondary N) is 1. The van der Waals surface area contributed by atoms with Gasteiger partial charge in [0.15, 0.2) is 0 Å². The molecule has 2 atom stereocenters. The van der Waals surface area contributed by atoms with Crippen LogP contribution < -0.4 is 10.1 Å². The number of carbonyl (C=O) groups is 1. The second-order valence-corrected chi connectivity index (χ2v) is 3.98. The van der Waals surface area contributed by atoms with Gasteiger partial charge in [-0.15, -0.1) is 0 Å². The summed E-state index contributed by atoms with van der Waals surface area (Å²) in [7, 11) is 1.62. The lowest BCUT2D eigenvalue weighted by molar-refractivity contribution is -0.141. The van der Waals surface area contributed by atoms with Gasteiger partial charge in [-0.1, -0.05) is 12.1 Å². The van der Waals surface area contributed by atoms with Crippen LogP contribution in [0.4, 0.5) is 0 Å². The lowest BCUT2D eigenvalue weighted by atomic mass is 9.89. The van der Waals surface area contributed by atoms with E-state index in [4.69, 9.17) is 9.84 Å². The van der Waals surface area contributed by atoms with E-state index in [1.807, 2.05) is 24.3 Å². The molecule has 0 spiro atoms. The molecule has 4 nitrogen and oxygen atoms in total. The van der Waals surface area contributed by atoms with Gasteiger partial charge >= 0.3 is 5.97 Å². The van der Waals surface area contributed by atoms with Crippen LogP contribution in [0.25, 0.3) is 0 Å². The molecule has 2 rings (SSSR count). The number of carboxylic acids is 1. The van der Waals surface area contributed by atoms with Crippen molar-refractivity contribution in [1.29, 1.82) is 0 Å². The lowest BCUT2D eigenvalue weighted by Crippen LogP contribution is -2.20. The van der Waals surface area contributed by atoms with E-state index >= 15 is 0 Å². The number of ether oxygens (including phenoxy) is 1. The molecule has 0 aromatic heterocycles. The number of hydrogen-bond acceptors (Lipinski definition) is 3. The molecule has 86 valence electrons. The molecule has 0 radical (unpaired) electrons. The predicted molar refractivity (Wildman–Crippen MR) is 59.7 cm³/mol. The van der Waals surface area contributed by atoms with E-state index in [0.29, 0.717) is 6.54 Å². The number of carboxylic acid groups (broad SMARTS) is 1. The summed E-state index contributed by atoms with van der Waals surface area (Å²) < 4.78 is 5.07. The molecule has 16 heavy (non-hydrogen) atoms. The third-order valence-corrected chi connectivity index (χ3v) is 3.08. The third-order valence-electron chi connectivity index (χ3n) is 3.08. The molecule has 0 amide bonds. The smallest absolute Gasteiger partial charge is 0.308 e. The van der Waals surface area contributed by atoms with E-state index in [2.05, 4.69) is 5.32 Å². The first-order valence-electron chi connectivity index (χ1n) is 5.30. The highest BCUT2D eigenvalue weighted by molar-refractivity contribution is 5.72. The van der Waals surface area contributed by atoms with E-state index in [-0.39, 0.29) is 11.8 Å². The number of methoxy groups -OCH3 is 1. The quantitative estimate of drug-likeness (QED) is 0.802. The molecular weight excluding hydrogens is 206 g/mol. The summed E-state index contributed by atoms with van der Waals surface area (Å²) in [6.07, 6.45) is 0. The van der Waals surface area contributed by atoms with Crippen molar-refractivity contribution in [2.24, 2.45) is 5.92 Å². The topological polar surface area (TPSA) is 58.6 Å². The molecule has 0 unspecified atom stereocenters. The van der Waals surface area contributed by atoms with Crippen LogP contribution in [0, 0.1) is 5.92 Å². The Kier molecular flexibility index (Phi) is 3.10. The molecule has 0 saturated carbocycles. The zero-order valence-corrected chi connectivity index (χ0v) is 9.14. The molecule has 4 heteroatoms. The first-order chi connectivity index (χ1) is 7.72. The Morgan fingerprint density at radius 1 is 1.38 bits per heavy atom. The lowest BCUT2D eigenvalue weighted by Gasteiger charge is -2.15. The summed E-state index contributed by atoms with van der Waals surface area (Å²) in [5.74, 6) is -0.204. The number of aliphatic carboxylic acids is 1. The molecule has 1 saturated heterocycles. The molecular formula is C12H15NO3.